The first kappa shape index (κ1) is 23.7. The topological polar surface area (TPSA) is 52.6 Å². The number of benzene rings is 2. The van der Waals surface area contributed by atoms with Gasteiger partial charge in [-0.2, -0.15) is 0 Å². The average Bonchev–Trinajstić information content (AvgIpc) is 2.65. The van der Waals surface area contributed by atoms with Crippen LogP contribution in [0.2, 0.25) is 0 Å². The van der Waals surface area contributed by atoms with Gasteiger partial charge in [-0.1, -0.05) is 65.8 Å². The molecule has 0 fully saturated rings. The molecule has 0 atom stereocenters. The molecule has 0 aliphatic rings. The van der Waals surface area contributed by atoms with E-state index in [1.54, 1.807) is 0 Å². The Bertz CT molecular complexity index is 761. The lowest BCUT2D eigenvalue weighted by atomic mass is 9.87. The summed E-state index contributed by atoms with van der Waals surface area (Å²) in [6.45, 7) is 12.8. The first-order chi connectivity index (χ1) is 13.9. The summed E-state index contributed by atoms with van der Waals surface area (Å²) < 4.78 is 10.7. The van der Waals surface area contributed by atoms with Gasteiger partial charge in [-0.3, -0.25) is 9.59 Å². The van der Waals surface area contributed by atoms with E-state index in [0.29, 0.717) is 24.3 Å². The Morgan fingerprint density at radius 3 is 1.17 bits per heavy atom. The summed E-state index contributed by atoms with van der Waals surface area (Å²) >= 11 is 0. The number of unbranched alkanes of at least 4 members (excludes halogenated alkanes) is 1. The van der Waals surface area contributed by atoms with Crippen LogP contribution in [0, 0.1) is 0 Å². The molecule has 0 unspecified atom stereocenters. The van der Waals surface area contributed by atoms with Crippen molar-refractivity contribution in [1.82, 2.24) is 0 Å². The van der Waals surface area contributed by atoms with Crippen LogP contribution in [-0.2, 0) is 20.4 Å². The molecule has 0 radical (unpaired) electrons. The molecule has 0 N–H and O–H groups in total. The molecule has 0 saturated heterocycles. The minimum Gasteiger partial charge on any atom is -0.427 e. The summed E-state index contributed by atoms with van der Waals surface area (Å²) in [5.41, 5.74) is 2.50. The molecular formula is C26H34O4. The maximum atomic E-state index is 12.0. The standard InChI is InChI=1S/C26H34O4/c1-25(2,3)19-11-15-21(16-12-19)29-23(27)9-7-8-10-24(28)30-22-17-13-20(14-18-22)26(4,5)6/h11-18H,7-10H2,1-6H3. The maximum absolute atomic E-state index is 12.0. The summed E-state index contributed by atoms with van der Waals surface area (Å²) in [5, 5.41) is 0. The highest BCUT2D eigenvalue weighted by Crippen LogP contribution is 2.25. The molecule has 162 valence electrons. The van der Waals surface area contributed by atoms with Crippen LogP contribution in [0.5, 0.6) is 11.5 Å². The highest BCUT2D eigenvalue weighted by Gasteiger charge is 2.15. The van der Waals surface area contributed by atoms with Crippen LogP contribution in [0.15, 0.2) is 48.5 Å². The lowest BCUT2D eigenvalue weighted by molar-refractivity contribution is -0.136. The minimum absolute atomic E-state index is 0.0613. The second-order valence-electron chi connectivity index (χ2n) is 9.70. The predicted octanol–water partition coefficient (Wildman–Crippen LogP) is 6.35. The molecule has 0 saturated carbocycles. The molecule has 2 rings (SSSR count). The number of carbonyl (C=O) groups is 2. The van der Waals surface area contributed by atoms with Gasteiger partial charge < -0.3 is 9.47 Å². The SMILES string of the molecule is CC(C)(C)c1ccc(OC(=O)CCCCC(=O)Oc2ccc(C(C)(C)C)cc2)cc1. The average molecular weight is 411 g/mol. The van der Waals surface area contributed by atoms with Gasteiger partial charge >= 0.3 is 11.9 Å². The highest BCUT2D eigenvalue weighted by molar-refractivity contribution is 5.73. The second-order valence-corrected chi connectivity index (χ2v) is 9.70. The summed E-state index contributed by atoms with van der Waals surface area (Å²) in [6, 6.07) is 15.2. The van der Waals surface area contributed by atoms with E-state index in [-0.39, 0.29) is 35.6 Å². The number of hydrogen-bond acceptors (Lipinski definition) is 4. The molecule has 0 aliphatic heterocycles. The van der Waals surface area contributed by atoms with Crippen molar-refractivity contribution in [3.05, 3.63) is 59.7 Å². The van der Waals surface area contributed by atoms with Gasteiger partial charge in [-0.25, -0.2) is 0 Å². The van der Waals surface area contributed by atoms with Crippen LogP contribution < -0.4 is 9.47 Å². The minimum atomic E-state index is -0.287. The van der Waals surface area contributed by atoms with Crippen molar-refractivity contribution in [1.29, 1.82) is 0 Å². The summed E-state index contributed by atoms with van der Waals surface area (Å²) in [5.74, 6) is 0.520. The molecule has 0 bridgehead atoms. The Kier molecular flexibility index (Phi) is 7.83. The molecule has 0 heterocycles. The van der Waals surface area contributed by atoms with Gasteiger partial charge in [-0.05, 0) is 59.1 Å². The molecular weight excluding hydrogens is 376 g/mol. The van der Waals surface area contributed by atoms with Crippen LogP contribution >= 0.6 is 0 Å². The third kappa shape index (κ3) is 7.66. The van der Waals surface area contributed by atoms with Crippen LogP contribution in [0.1, 0.15) is 78.4 Å². The van der Waals surface area contributed by atoms with Crippen LogP contribution in [0.25, 0.3) is 0 Å². The largest absolute Gasteiger partial charge is 0.427 e. The number of ether oxygens (including phenoxy) is 2. The van der Waals surface area contributed by atoms with Gasteiger partial charge in [-0.15, -0.1) is 0 Å². The van der Waals surface area contributed by atoms with E-state index in [2.05, 4.69) is 41.5 Å². The Morgan fingerprint density at radius 1 is 0.600 bits per heavy atom. The zero-order chi connectivity index (χ0) is 22.4. The number of hydrogen-bond donors (Lipinski definition) is 0. The quantitative estimate of drug-likeness (QED) is 0.303. The number of esters is 2. The monoisotopic (exact) mass is 410 g/mol. The molecule has 4 nitrogen and oxygen atoms in total. The van der Waals surface area contributed by atoms with E-state index < -0.39 is 0 Å². The molecule has 0 aliphatic carbocycles. The van der Waals surface area contributed by atoms with Crippen molar-refractivity contribution in [3.8, 4) is 11.5 Å². The summed E-state index contributed by atoms with van der Waals surface area (Å²) in [4.78, 5) is 24.0. The molecule has 2 aromatic carbocycles. The first-order valence-corrected chi connectivity index (χ1v) is 10.6. The maximum Gasteiger partial charge on any atom is 0.311 e. The Morgan fingerprint density at radius 2 is 0.900 bits per heavy atom. The van der Waals surface area contributed by atoms with Gasteiger partial charge in [0.1, 0.15) is 11.5 Å². The van der Waals surface area contributed by atoms with Crippen molar-refractivity contribution in [3.63, 3.8) is 0 Å². The smallest absolute Gasteiger partial charge is 0.311 e. The number of rotatable bonds is 7. The molecule has 30 heavy (non-hydrogen) atoms. The Balaban J connectivity index is 1.69. The van der Waals surface area contributed by atoms with Crippen LogP contribution in [-0.4, -0.2) is 11.9 Å². The fourth-order valence-corrected chi connectivity index (χ4v) is 2.95. The lowest BCUT2D eigenvalue weighted by Crippen LogP contribution is -2.12. The van der Waals surface area contributed by atoms with E-state index in [0.717, 1.165) is 0 Å². The van der Waals surface area contributed by atoms with Crippen molar-refractivity contribution < 1.29 is 19.1 Å². The molecule has 0 aromatic heterocycles. The van der Waals surface area contributed by atoms with Crippen molar-refractivity contribution in [2.24, 2.45) is 0 Å². The van der Waals surface area contributed by atoms with Gasteiger partial charge in [0.15, 0.2) is 0 Å². The molecule has 0 amide bonds. The summed E-state index contributed by atoms with van der Waals surface area (Å²) in [6.07, 6.45) is 1.71. The molecule has 2 aromatic rings. The van der Waals surface area contributed by atoms with Crippen LogP contribution in [0.3, 0.4) is 0 Å². The molecule has 4 heteroatoms. The third-order valence-corrected chi connectivity index (χ3v) is 4.92. The molecule has 0 spiro atoms. The fourth-order valence-electron chi connectivity index (χ4n) is 2.95. The van der Waals surface area contributed by atoms with Gasteiger partial charge in [0.2, 0.25) is 0 Å². The van der Waals surface area contributed by atoms with Crippen molar-refractivity contribution in [2.45, 2.75) is 78.1 Å². The van der Waals surface area contributed by atoms with Crippen molar-refractivity contribution >= 4 is 11.9 Å². The second kappa shape index (κ2) is 9.92. The van der Waals surface area contributed by atoms with E-state index >= 15 is 0 Å². The van der Waals surface area contributed by atoms with Gasteiger partial charge in [0, 0.05) is 12.8 Å². The van der Waals surface area contributed by atoms with Crippen LogP contribution in [0.4, 0.5) is 0 Å². The zero-order valence-electron chi connectivity index (χ0n) is 19.1. The zero-order valence-corrected chi connectivity index (χ0v) is 19.1. The van der Waals surface area contributed by atoms with E-state index in [9.17, 15) is 9.59 Å². The Hall–Kier alpha value is -2.62. The van der Waals surface area contributed by atoms with E-state index in [1.165, 1.54) is 11.1 Å². The normalized spacial score (nSPS) is 11.8. The van der Waals surface area contributed by atoms with Gasteiger partial charge in [0.05, 0.1) is 0 Å². The first-order valence-electron chi connectivity index (χ1n) is 10.6. The fraction of sp³-hybridized carbons (Fsp3) is 0.462. The van der Waals surface area contributed by atoms with E-state index in [1.807, 2.05) is 48.5 Å². The van der Waals surface area contributed by atoms with E-state index in [4.69, 9.17) is 9.47 Å². The lowest BCUT2D eigenvalue weighted by Gasteiger charge is -2.19. The van der Waals surface area contributed by atoms with Crippen molar-refractivity contribution in [2.75, 3.05) is 0 Å². The predicted molar refractivity (Wildman–Crippen MR) is 120 cm³/mol. The number of carbonyl (C=O) groups excluding carboxylic acids is 2. The Labute approximate surface area is 180 Å². The highest BCUT2D eigenvalue weighted by atomic mass is 16.5. The van der Waals surface area contributed by atoms with Gasteiger partial charge in [0.25, 0.3) is 0 Å². The third-order valence-electron chi connectivity index (χ3n) is 4.92. The summed E-state index contributed by atoms with van der Waals surface area (Å²) in [7, 11) is 0.